The van der Waals surface area contributed by atoms with Crippen LogP contribution < -0.4 is 5.73 Å². The SMILES string of the molecule is Cn1c(-c2ncccc2N)nc2ccccc21. The number of rotatable bonds is 1. The molecule has 3 rings (SSSR count). The van der Waals surface area contributed by atoms with E-state index in [1.807, 2.05) is 48.0 Å². The maximum Gasteiger partial charge on any atom is 0.161 e. The highest BCUT2D eigenvalue weighted by atomic mass is 15.1. The summed E-state index contributed by atoms with van der Waals surface area (Å²) < 4.78 is 2.01. The summed E-state index contributed by atoms with van der Waals surface area (Å²) >= 11 is 0. The van der Waals surface area contributed by atoms with E-state index in [-0.39, 0.29) is 0 Å². The number of pyridine rings is 1. The van der Waals surface area contributed by atoms with E-state index in [2.05, 4.69) is 9.97 Å². The van der Waals surface area contributed by atoms with E-state index in [1.54, 1.807) is 6.20 Å². The molecular formula is C13H12N4. The minimum atomic E-state index is 0.644. The summed E-state index contributed by atoms with van der Waals surface area (Å²) in [6, 6.07) is 11.6. The van der Waals surface area contributed by atoms with E-state index >= 15 is 0 Å². The van der Waals surface area contributed by atoms with Crippen LogP contribution in [0.15, 0.2) is 42.6 Å². The van der Waals surface area contributed by atoms with Crippen molar-refractivity contribution in [3.8, 4) is 11.5 Å². The van der Waals surface area contributed by atoms with Crippen LogP contribution in [0.2, 0.25) is 0 Å². The number of fused-ring (bicyclic) bond motifs is 1. The van der Waals surface area contributed by atoms with E-state index < -0.39 is 0 Å². The van der Waals surface area contributed by atoms with E-state index in [0.29, 0.717) is 5.69 Å². The monoisotopic (exact) mass is 224 g/mol. The van der Waals surface area contributed by atoms with Crippen LogP contribution in [0.1, 0.15) is 0 Å². The molecular weight excluding hydrogens is 212 g/mol. The van der Waals surface area contributed by atoms with E-state index in [4.69, 9.17) is 5.73 Å². The van der Waals surface area contributed by atoms with Crippen LogP contribution in [-0.2, 0) is 7.05 Å². The number of benzene rings is 1. The predicted molar refractivity (Wildman–Crippen MR) is 68.4 cm³/mol. The van der Waals surface area contributed by atoms with Gasteiger partial charge in [-0.2, -0.15) is 0 Å². The number of hydrogen-bond donors (Lipinski definition) is 1. The zero-order chi connectivity index (χ0) is 11.8. The van der Waals surface area contributed by atoms with Gasteiger partial charge in [-0.1, -0.05) is 12.1 Å². The number of aryl methyl sites for hydroxylation is 1. The van der Waals surface area contributed by atoms with E-state index in [0.717, 1.165) is 22.6 Å². The van der Waals surface area contributed by atoms with Crippen molar-refractivity contribution in [1.29, 1.82) is 0 Å². The Kier molecular flexibility index (Phi) is 2.08. The summed E-state index contributed by atoms with van der Waals surface area (Å²) in [5, 5.41) is 0. The van der Waals surface area contributed by atoms with Gasteiger partial charge in [0.1, 0.15) is 5.69 Å². The molecule has 0 atom stereocenters. The van der Waals surface area contributed by atoms with Gasteiger partial charge in [-0.15, -0.1) is 0 Å². The lowest BCUT2D eigenvalue weighted by molar-refractivity contribution is 0.951. The van der Waals surface area contributed by atoms with Gasteiger partial charge in [0.25, 0.3) is 0 Å². The van der Waals surface area contributed by atoms with Crippen LogP contribution in [0.25, 0.3) is 22.6 Å². The second kappa shape index (κ2) is 3.59. The second-order valence-corrected chi connectivity index (χ2v) is 3.92. The molecule has 0 bridgehead atoms. The molecule has 0 aliphatic heterocycles. The molecule has 0 saturated carbocycles. The van der Waals surface area contributed by atoms with Gasteiger partial charge >= 0.3 is 0 Å². The van der Waals surface area contributed by atoms with Crippen LogP contribution >= 0.6 is 0 Å². The Labute approximate surface area is 98.7 Å². The molecule has 2 aromatic heterocycles. The summed E-state index contributed by atoms with van der Waals surface area (Å²) in [5.74, 6) is 0.796. The van der Waals surface area contributed by atoms with Crippen molar-refractivity contribution < 1.29 is 0 Å². The molecule has 0 radical (unpaired) electrons. The molecule has 4 nitrogen and oxygen atoms in total. The maximum absolute atomic E-state index is 5.93. The Morgan fingerprint density at radius 3 is 2.71 bits per heavy atom. The quantitative estimate of drug-likeness (QED) is 0.689. The largest absolute Gasteiger partial charge is 0.397 e. The molecule has 0 aliphatic carbocycles. The molecule has 2 N–H and O–H groups in total. The zero-order valence-corrected chi connectivity index (χ0v) is 9.46. The van der Waals surface area contributed by atoms with Gasteiger partial charge < -0.3 is 10.3 Å². The van der Waals surface area contributed by atoms with Crippen molar-refractivity contribution in [2.75, 3.05) is 5.73 Å². The fourth-order valence-corrected chi connectivity index (χ4v) is 1.96. The first-order chi connectivity index (χ1) is 8.27. The minimum absolute atomic E-state index is 0.644. The first-order valence-corrected chi connectivity index (χ1v) is 5.39. The Balaban J connectivity index is 2.32. The molecule has 3 aromatic rings. The van der Waals surface area contributed by atoms with Gasteiger partial charge in [-0.3, -0.25) is 4.98 Å². The molecule has 84 valence electrons. The normalized spacial score (nSPS) is 10.9. The maximum atomic E-state index is 5.93. The fraction of sp³-hybridized carbons (Fsp3) is 0.0769. The van der Waals surface area contributed by atoms with Gasteiger partial charge in [-0.25, -0.2) is 4.98 Å². The summed E-state index contributed by atoms with van der Waals surface area (Å²) in [4.78, 5) is 8.86. The van der Waals surface area contributed by atoms with Crippen molar-refractivity contribution >= 4 is 16.7 Å². The highest BCUT2D eigenvalue weighted by molar-refractivity contribution is 5.82. The number of hydrogen-bond acceptors (Lipinski definition) is 3. The van der Waals surface area contributed by atoms with Crippen molar-refractivity contribution in [3.05, 3.63) is 42.6 Å². The van der Waals surface area contributed by atoms with Crippen LogP contribution in [0, 0.1) is 0 Å². The predicted octanol–water partition coefficient (Wildman–Crippen LogP) is 2.22. The number of anilines is 1. The Bertz CT molecular complexity index is 685. The number of para-hydroxylation sites is 2. The van der Waals surface area contributed by atoms with E-state index in [9.17, 15) is 0 Å². The number of nitrogens with two attached hydrogens (primary N) is 1. The number of nitrogen functional groups attached to an aromatic ring is 1. The topological polar surface area (TPSA) is 56.7 Å². The Hall–Kier alpha value is -2.36. The van der Waals surface area contributed by atoms with Crippen LogP contribution in [0.4, 0.5) is 5.69 Å². The van der Waals surface area contributed by atoms with Crippen LogP contribution in [0.3, 0.4) is 0 Å². The lowest BCUT2D eigenvalue weighted by Gasteiger charge is -2.03. The molecule has 4 heteroatoms. The minimum Gasteiger partial charge on any atom is -0.397 e. The van der Waals surface area contributed by atoms with Gasteiger partial charge in [0.2, 0.25) is 0 Å². The Morgan fingerprint density at radius 1 is 1.12 bits per heavy atom. The smallest absolute Gasteiger partial charge is 0.161 e. The average Bonchev–Trinajstić information content (AvgIpc) is 2.68. The molecule has 0 aliphatic rings. The van der Waals surface area contributed by atoms with Gasteiger partial charge in [0.05, 0.1) is 16.7 Å². The highest BCUT2D eigenvalue weighted by Gasteiger charge is 2.12. The molecule has 2 heterocycles. The van der Waals surface area contributed by atoms with Crippen LogP contribution in [0.5, 0.6) is 0 Å². The summed E-state index contributed by atoms with van der Waals surface area (Å²) in [6.07, 6.45) is 1.73. The van der Waals surface area contributed by atoms with Crippen LogP contribution in [-0.4, -0.2) is 14.5 Å². The lowest BCUT2D eigenvalue weighted by atomic mass is 10.3. The average molecular weight is 224 g/mol. The van der Waals surface area contributed by atoms with E-state index in [1.165, 1.54) is 0 Å². The number of aromatic nitrogens is 3. The van der Waals surface area contributed by atoms with Crippen molar-refractivity contribution in [2.45, 2.75) is 0 Å². The van der Waals surface area contributed by atoms with Crippen molar-refractivity contribution in [3.63, 3.8) is 0 Å². The third kappa shape index (κ3) is 1.45. The first-order valence-electron chi connectivity index (χ1n) is 5.39. The number of imidazole rings is 1. The third-order valence-corrected chi connectivity index (χ3v) is 2.84. The second-order valence-electron chi connectivity index (χ2n) is 3.92. The summed E-state index contributed by atoms with van der Waals surface area (Å²) in [6.45, 7) is 0. The zero-order valence-electron chi connectivity index (χ0n) is 9.46. The molecule has 0 fully saturated rings. The lowest BCUT2D eigenvalue weighted by Crippen LogP contribution is -1.98. The highest BCUT2D eigenvalue weighted by Crippen LogP contribution is 2.25. The summed E-state index contributed by atoms with van der Waals surface area (Å²) in [7, 11) is 1.97. The fourth-order valence-electron chi connectivity index (χ4n) is 1.96. The summed E-state index contributed by atoms with van der Waals surface area (Å²) in [5.41, 5.74) is 9.33. The molecule has 0 amide bonds. The van der Waals surface area contributed by atoms with Gasteiger partial charge in [0.15, 0.2) is 5.82 Å². The molecule has 1 aromatic carbocycles. The molecule has 0 spiro atoms. The van der Waals surface area contributed by atoms with Crippen molar-refractivity contribution in [1.82, 2.24) is 14.5 Å². The number of nitrogens with zero attached hydrogens (tertiary/aromatic N) is 3. The molecule has 0 saturated heterocycles. The Morgan fingerprint density at radius 2 is 1.94 bits per heavy atom. The van der Waals surface area contributed by atoms with Gasteiger partial charge in [-0.05, 0) is 24.3 Å². The van der Waals surface area contributed by atoms with Crippen molar-refractivity contribution in [2.24, 2.45) is 7.05 Å². The first kappa shape index (κ1) is 9.84. The standard InChI is InChI=1S/C13H12N4/c1-17-11-7-3-2-6-10(11)16-13(17)12-9(14)5-4-8-15-12/h2-8H,14H2,1H3. The molecule has 17 heavy (non-hydrogen) atoms. The van der Waals surface area contributed by atoms with Gasteiger partial charge in [0, 0.05) is 13.2 Å². The molecule has 0 unspecified atom stereocenters. The third-order valence-electron chi connectivity index (χ3n) is 2.84.